The molecular weight excluding hydrogens is 223 g/mol. The Hall–Kier alpha value is -1.46. The monoisotopic (exact) mass is 228 g/mol. The van der Waals surface area contributed by atoms with Crippen LogP contribution in [-0.2, 0) is 6.61 Å². The van der Waals surface area contributed by atoms with Gasteiger partial charge in [0, 0.05) is 5.02 Å². The van der Waals surface area contributed by atoms with E-state index in [0.717, 1.165) is 0 Å². The summed E-state index contributed by atoms with van der Waals surface area (Å²) in [6.07, 6.45) is 0. The summed E-state index contributed by atoms with van der Waals surface area (Å²) >= 11 is 5.70. The van der Waals surface area contributed by atoms with Crippen LogP contribution in [0.1, 0.15) is 5.82 Å². The fourth-order valence-corrected chi connectivity index (χ4v) is 1.26. The summed E-state index contributed by atoms with van der Waals surface area (Å²) in [5, 5.41) is 12.5. The molecule has 0 atom stereocenters. The second-order valence-electron chi connectivity index (χ2n) is 2.80. The molecule has 0 radical (unpaired) electrons. The second-order valence-corrected chi connectivity index (χ2v) is 3.23. The summed E-state index contributed by atoms with van der Waals surface area (Å²) in [6.45, 7) is -0.355. The summed E-state index contributed by atoms with van der Waals surface area (Å²) in [4.78, 5) is 3.77. The van der Waals surface area contributed by atoms with Crippen molar-refractivity contribution in [3.05, 3.63) is 34.9 Å². The van der Waals surface area contributed by atoms with Crippen LogP contribution >= 0.6 is 11.6 Å². The maximum absolute atomic E-state index is 13.3. The van der Waals surface area contributed by atoms with Crippen LogP contribution in [-0.4, -0.2) is 15.2 Å². The van der Waals surface area contributed by atoms with E-state index in [1.54, 1.807) is 0 Å². The topological polar surface area (TPSA) is 59.2 Å². The third-order valence-corrected chi connectivity index (χ3v) is 2.00. The zero-order valence-electron chi connectivity index (χ0n) is 7.44. The van der Waals surface area contributed by atoms with Crippen LogP contribution in [0.25, 0.3) is 11.5 Å². The first kappa shape index (κ1) is 10.1. The number of rotatable bonds is 2. The van der Waals surface area contributed by atoms with E-state index in [1.807, 2.05) is 0 Å². The van der Waals surface area contributed by atoms with Gasteiger partial charge in [-0.1, -0.05) is 16.8 Å². The maximum atomic E-state index is 13.3. The molecule has 78 valence electrons. The van der Waals surface area contributed by atoms with Gasteiger partial charge in [0.2, 0.25) is 0 Å². The van der Waals surface area contributed by atoms with Gasteiger partial charge in [0.05, 0.1) is 5.56 Å². The average Bonchev–Trinajstić information content (AvgIpc) is 2.70. The molecule has 0 amide bonds. The molecule has 1 N–H and O–H groups in total. The molecule has 2 rings (SSSR count). The first-order valence-electron chi connectivity index (χ1n) is 4.09. The fourth-order valence-electron chi connectivity index (χ4n) is 1.09. The molecule has 0 aliphatic heterocycles. The lowest BCUT2D eigenvalue weighted by Crippen LogP contribution is -1.87. The molecular formula is C9H6ClFN2O2. The minimum absolute atomic E-state index is 0.000880. The van der Waals surface area contributed by atoms with E-state index in [4.69, 9.17) is 21.2 Å². The SMILES string of the molecule is OCc1noc(-c2cc(Cl)ccc2F)n1. The normalized spacial score (nSPS) is 10.6. The summed E-state index contributed by atoms with van der Waals surface area (Å²) in [6, 6.07) is 4.01. The predicted octanol–water partition coefficient (Wildman–Crippen LogP) is 2.02. The van der Waals surface area contributed by atoms with Gasteiger partial charge in [-0.05, 0) is 18.2 Å². The fraction of sp³-hybridized carbons (Fsp3) is 0.111. The molecule has 6 heteroatoms. The van der Waals surface area contributed by atoms with E-state index in [9.17, 15) is 4.39 Å². The molecule has 0 aliphatic carbocycles. The van der Waals surface area contributed by atoms with E-state index < -0.39 is 5.82 Å². The van der Waals surface area contributed by atoms with Crippen molar-refractivity contribution < 1.29 is 14.0 Å². The molecule has 1 heterocycles. The molecule has 0 aliphatic rings. The predicted molar refractivity (Wildman–Crippen MR) is 50.6 cm³/mol. The van der Waals surface area contributed by atoms with Crippen LogP contribution in [0.2, 0.25) is 5.02 Å². The van der Waals surface area contributed by atoms with Crippen LogP contribution in [0.5, 0.6) is 0 Å². The minimum Gasteiger partial charge on any atom is -0.388 e. The van der Waals surface area contributed by atoms with Gasteiger partial charge >= 0.3 is 0 Å². The zero-order valence-corrected chi connectivity index (χ0v) is 8.20. The van der Waals surface area contributed by atoms with Gasteiger partial charge in [-0.2, -0.15) is 4.98 Å². The number of hydrogen-bond donors (Lipinski definition) is 1. The molecule has 2 aromatic rings. The van der Waals surface area contributed by atoms with Gasteiger partial charge in [0.15, 0.2) is 5.82 Å². The van der Waals surface area contributed by atoms with Crippen molar-refractivity contribution in [2.45, 2.75) is 6.61 Å². The Labute approximate surface area is 89.3 Å². The summed E-state index contributed by atoms with van der Waals surface area (Å²) in [5.41, 5.74) is 0.120. The molecule has 0 bridgehead atoms. The van der Waals surface area contributed by atoms with Crippen molar-refractivity contribution in [2.75, 3.05) is 0 Å². The Morgan fingerprint density at radius 1 is 1.47 bits per heavy atom. The smallest absolute Gasteiger partial charge is 0.261 e. The van der Waals surface area contributed by atoms with Crippen LogP contribution in [0.3, 0.4) is 0 Å². The first-order chi connectivity index (χ1) is 7.20. The van der Waals surface area contributed by atoms with E-state index in [1.165, 1.54) is 18.2 Å². The van der Waals surface area contributed by atoms with Gasteiger partial charge in [0.25, 0.3) is 5.89 Å². The highest BCUT2D eigenvalue weighted by molar-refractivity contribution is 6.30. The molecule has 4 nitrogen and oxygen atoms in total. The summed E-state index contributed by atoms with van der Waals surface area (Å²) < 4.78 is 18.1. The number of aliphatic hydroxyl groups excluding tert-OH is 1. The Bertz CT molecular complexity index is 487. The molecule has 15 heavy (non-hydrogen) atoms. The minimum atomic E-state index is -0.507. The standard InChI is InChI=1S/C9H6ClFN2O2/c10-5-1-2-7(11)6(3-5)9-12-8(4-14)13-15-9/h1-3,14H,4H2. The van der Waals surface area contributed by atoms with Crippen LogP contribution < -0.4 is 0 Å². The molecule has 0 saturated carbocycles. The van der Waals surface area contributed by atoms with E-state index in [0.29, 0.717) is 5.02 Å². The molecule has 0 saturated heterocycles. The first-order valence-corrected chi connectivity index (χ1v) is 4.47. The third kappa shape index (κ3) is 1.98. The Morgan fingerprint density at radius 2 is 2.27 bits per heavy atom. The van der Waals surface area contributed by atoms with E-state index in [-0.39, 0.29) is 23.9 Å². The van der Waals surface area contributed by atoms with Crippen LogP contribution in [0, 0.1) is 5.82 Å². The van der Waals surface area contributed by atoms with Crippen LogP contribution in [0.4, 0.5) is 4.39 Å². The van der Waals surface area contributed by atoms with Gasteiger partial charge in [-0.25, -0.2) is 4.39 Å². The lowest BCUT2D eigenvalue weighted by Gasteiger charge is -1.96. The van der Waals surface area contributed by atoms with E-state index in [2.05, 4.69) is 10.1 Å². The third-order valence-electron chi connectivity index (χ3n) is 1.77. The van der Waals surface area contributed by atoms with Crippen molar-refractivity contribution in [1.29, 1.82) is 0 Å². The number of nitrogens with zero attached hydrogens (tertiary/aromatic N) is 2. The lowest BCUT2D eigenvalue weighted by atomic mass is 10.2. The van der Waals surface area contributed by atoms with Crippen molar-refractivity contribution in [1.82, 2.24) is 10.1 Å². The highest BCUT2D eigenvalue weighted by atomic mass is 35.5. The number of hydrogen-bond acceptors (Lipinski definition) is 4. The van der Waals surface area contributed by atoms with Crippen LogP contribution in [0.15, 0.2) is 22.7 Å². The van der Waals surface area contributed by atoms with Crippen molar-refractivity contribution in [3.8, 4) is 11.5 Å². The molecule has 0 unspecified atom stereocenters. The molecule has 0 fully saturated rings. The number of aliphatic hydroxyl groups is 1. The molecule has 0 spiro atoms. The summed E-state index contributed by atoms with van der Waals surface area (Å²) in [5.74, 6) is -0.407. The maximum Gasteiger partial charge on any atom is 0.261 e. The molecule has 1 aromatic carbocycles. The Morgan fingerprint density at radius 3 is 2.93 bits per heavy atom. The van der Waals surface area contributed by atoms with Gasteiger partial charge < -0.3 is 9.63 Å². The van der Waals surface area contributed by atoms with E-state index >= 15 is 0 Å². The van der Waals surface area contributed by atoms with Gasteiger partial charge in [-0.15, -0.1) is 0 Å². The van der Waals surface area contributed by atoms with Crippen molar-refractivity contribution in [3.63, 3.8) is 0 Å². The lowest BCUT2D eigenvalue weighted by molar-refractivity contribution is 0.264. The zero-order chi connectivity index (χ0) is 10.8. The van der Waals surface area contributed by atoms with Gasteiger partial charge in [0.1, 0.15) is 12.4 Å². The van der Waals surface area contributed by atoms with Crippen molar-refractivity contribution >= 4 is 11.6 Å². The molecule has 1 aromatic heterocycles. The highest BCUT2D eigenvalue weighted by Gasteiger charge is 2.13. The summed E-state index contributed by atoms with van der Waals surface area (Å²) in [7, 11) is 0. The van der Waals surface area contributed by atoms with Crippen molar-refractivity contribution in [2.24, 2.45) is 0 Å². The Kier molecular flexibility index (Phi) is 2.66. The average molecular weight is 229 g/mol. The largest absolute Gasteiger partial charge is 0.388 e. The van der Waals surface area contributed by atoms with Gasteiger partial charge in [-0.3, -0.25) is 0 Å². The number of halogens is 2. The number of benzene rings is 1. The second kappa shape index (κ2) is 3.96. The quantitative estimate of drug-likeness (QED) is 0.854. The number of aromatic nitrogens is 2. The highest BCUT2D eigenvalue weighted by Crippen LogP contribution is 2.24. The Balaban J connectivity index is 2.48.